The first-order valence-corrected chi connectivity index (χ1v) is 9.03. The highest BCUT2D eigenvalue weighted by Crippen LogP contribution is 2.28. The summed E-state index contributed by atoms with van der Waals surface area (Å²) in [5.74, 6) is 1.02. The summed E-state index contributed by atoms with van der Waals surface area (Å²) in [6.45, 7) is 2.82. The van der Waals surface area contributed by atoms with Crippen LogP contribution < -0.4 is 14.2 Å². The number of unbranched alkanes of at least 4 members (excludes halogenated alkanes) is 1. The van der Waals surface area contributed by atoms with E-state index >= 15 is 0 Å². The number of benzene rings is 2. The molecule has 5 heteroatoms. The monoisotopic (exact) mass is 377 g/mol. The van der Waals surface area contributed by atoms with Crippen molar-refractivity contribution in [3.63, 3.8) is 0 Å². The Labute approximate surface area is 165 Å². The van der Waals surface area contributed by atoms with Crippen LogP contribution in [0.3, 0.4) is 0 Å². The molecular formula is C23H23NO4. The third-order valence-corrected chi connectivity index (χ3v) is 3.81. The van der Waals surface area contributed by atoms with Gasteiger partial charge in [0.05, 0.1) is 19.8 Å². The van der Waals surface area contributed by atoms with Crippen LogP contribution in [-0.4, -0.2) is 19.7 Å². The maximum atomic E-state index is 12.1. The summed E-state index contributed by atoms with van der Waals surface area (Å²) in [5.41, 5.74) is 1.64. The number of carbonyl (C=O) groups is 1. The molecule has 0 saturated carbocycles. The highest BCUT2D eigenvalue weighted by molar-refractivity contribution is 5.89. The molecule has 2 aromatic rings. The van der Waals surface area contributed by atoms with Gasteiger partial charge in [-0.25, -0.2) is 4.79 Å². The smallest absolute Gasteiger partial charge is 0.336 e. The fraction of sp³-hybridized carbons (Fsp3) is 0.217. The summed E-state index contributed by atoms with van der Waals surface area (Å²) in [6.07, 6.45) is 8.15. The van der Waals surface area contributed by atoms with Crippen molar-refractivity contribution in [2.75, 3.05) is 13.7 Å². The van der Waals surface area contributed by atoms with E-state index in [9.17, 15) is 4.79 Å². The molecule has 28 heavy (non-hydrogen) atoms. The number of nitrogens with zero attached hydrogens (tertiary/aromatic N) is 1. The average molecular weight is 377 g/mol. The number of hydrogen-bond acceptors (Lipinski definition) is 5. The predicted molar refractivity (Wildman–Crippen MR) is 109 cm³/mol. The second-order valence-electron chi connectivity index (χ2n) is 5.90. The van der Waals surface area contributed by atoms with Gasteiger partial charge in [0.1, 0.15) is 5.75 Å². The molecule has 0 spiro atoms. The van der Waals surface area contributed by atoms with Crippen molar-refractivity contribution >= 4 is 18.1 Å². The number of allylic oxidation sites excluding steroid dienone is 1. The molecule has 2 aromatic carbocycles. The zero-order chi connectivity index (χ0) is 20.2. The van der Waals surface area contributed by atoms with Crippen LogP contribution in [0.15, 0.2) is 54.6 Å². The minimum atomic E-state index is -0.512. The number of hydrogen-bond donors (Lipinski definition) is 0. The lowest BCUT2D eigenvalue weighted by Crippen LogP contribution is -2.05. The number of esters is 1. The molecule has 0 bridgehead atoms. The minimum Gasteiger partial charge on any atom is -0.494 e. The number of ether oxygens (including phenoxy) is 3. The number of methoxy groups -OCH3 is 1. The summed E-state index contributed by atoms with van der Waals surface area (Å²) in [4.78, 5) is 12.1. The molecule has 2 rings (SSSR count). The van der Waals surface area contributed by atoms with Crippen LogP contribution >= 0.6 is 0 Å². The van der Waals surface area contributed by atoms with Crippen LogP contribution in [0.5, 0.6) is 17.2 Å². The van der Waals surface area contributed by atoms with Crippen molar-refractivity contribution in [2.24, 2.45) is 0 Å². The van der Waals surface area contributed by atoms with Gasteiger partial charge in [0.25, 0.3) is 0 Å². The summed E-state index contributed by atoms with van der Waals surface area (Å²) < 4.78 is 16.2. The van der Waals surface area contributed by atoms with Crippen LogP contribution in [-0.2, 0) is 4.79 Å². The first kappa shape index (κ1) is 20.8. The molecular weight excluding hydrogens is 354 g/mol. The van der Waals surface area contributed by atoms with E-state index in [-0.39, 0.29) is 0 Å². The van der Waals surface area contributed by atoms with E-state index in [1.807, 2.05) is 30.3 Å². The molecule has 0 saturated heterocycles. The second kappa shape index (κ2) is 11.2. The molecule has 0 unspecified atom stereocenters. The van der Waals surface area contributed by atoms with E-state index < -0.39 is 5.97 Å². The normalized spacial score (nSPS) is 10.8. The highest BCUT2D eigenvalue weighted by Gasteiger charge is 2.08. The first-order valence-electron chi connectivity index (χ1n) is 9.03. The molecule has 0 aromatic heterocycles. The highest BCUT2D eigenvalue weighted by atomic mass is 16.6. The Morgan fingerprint density at radius 2 is 1.82 bits per heavy atom. The van der Waals surface area contributed by atoms with Crippen molar-refractivity contribution < 1.29 is 19.0 Å². The third-order valence-electron chi connectivity index (χ3n) is 3.81. The quantitative estimate of drug-likeness (QED) is 0.202. The molecule has 0 atom stereocenters. The molecule has 0 aliphatic heterocycles. The SMILES string of the molecule is CCCCOc1ccc(/C=C/C(=O)Oc2ccc(/C=C\C#N)cc2OC)cc1. The van der Waals surface area contributed by atoms with Crippen molar-refractivity contribution in [1.29, 1.82) is 5.26 Å². The van der Waals surface area contributed by atoms with Gasteiger partial charge in [-0.3, -0.25) is 0 Å². The van der Waals surface area contributed by atoms with Gasteiger partial charge in [-0.05, 0) is 54.0 Å². The van der Waals surface area contributed by atoms with Crippen molar-refractivity contribution in [3.05, 3.63) is 65.7 Å². The summed E-state index contributed by atoms with van der Waals surface area (Å²) >= 11 is 0. The van der Waals surface area contributed by atoms with Crippen LogP contribution in [0.4, 0.5) is 0 Å². The Bertz CT molecular complexity index is 876. The maximum absolute atomic E-state index is 12.1. The lowest BCUT2D eigenvalue weighted by atomic mass is 10.2. The fourth-order valence-electron chi connectivity index (χ4n) is 2.32. The van der Waals surface area contributed by atoms with Crippen LogP contribution in [0.2, 0.25) is 0 Å². The van der Waals surface area contributed by atoms with Gasteiger partial charge in [-0.2, -0.15) is 5.26 Å². The Kier molecular flexibility index (Phi) is 8.35. The standard InChI is InChI=1S/C23H23NO4/c1-3-4-16-27-20-11-7-18(8-12-20)10-14-23(25)28-21-13-9-19(6-5-15-24)17-22(21)26-2/h5-14,17H,3-4,16H2,1-2H3/b6-5-,14-10+. The Morgan fingerprint density at radius 1 is 1.07 bits per heavy atom. The lowest BCUT2D eigenvalue weighted by Gasteiger charge is -2.08. The minimum absolute atomic E-state index is 0.311. The largest absolute Gasteiger partial charge is 0.494 e. The zero-order valence-corrected chi connectivity index (χ0v) is 16.1. The van der Waals surface area contributed by atoms with Gasteiger partial charge >= 0.3 is 5.97 Å². The number of carbonyl (C=O) groups excluding carboxylic acids is 1. The molecule has 0 N–H and O–H groups in total. The van der Waals surface area contributed by atoms with Crippen LogP contribution in [0.25, 0.3) is 12.2 Å². The Hall–Kier alpha value is -3.52. The van der Waals surface area contributed by atoms with Gasteiger partial charge in [0.15, 0.2) is 11.5 Å². The first-order chi connectivity index (χ1) is 13.7. The molecule has 0 aliphatic carbocycles. The van der Waals surface area contributed by atoms with Crippen molar-refractivity contribution in [3.8, 4) is 23.3 Å². The van der Waals surface area contributed by atoms with Gasteiger partial charge in [-0.1, -0.05) is 31.5 Å². The van der Waals surface area contributed by atoms with E-state index in [2.05, 4.69) is 6.92 Å². The van der Waals surface area contributed by atoms with E-state index in [0.717, 1.165) is 29.7 Å². The summed E-state index contributed by atoms with van der Waals surface area (Å²) in [5, 5.41) is 8.59. The van der Waals surface area contributed by atoms with Gasteiger partial charge in [0.2, 0.25) is 0 Å². The lowest BCUT2D eigenvalue weighted by molar-refractivity contribution is -0.129. The van der Waals surface area contributed by atoms with E-state index in [0.29, 0.717) is 18.1 Å². The van der Waals surface area contributed by atoms with Gasteiger partial charge in [0, 0.05) is 12.2 Å². The fourth-order valence-corrected chi connectivity index (χ4v) is 2.32. The summed E-state index contributed by atoms with van der Waals surface area (Å²) in [7, 11) is 1.49. The van der Waals surface area contributed by atoms with Gasteiger partial charge < -0.3 is 14.2 Å². The average Bonchev–Trinajstić information content (AvgIpc) is 2.72. The predicted octanol–water partition coefficient (Wildman–Crippen LogP) is 5.03. The molecule has 0 radical (unpaired) electrons. The summed E-state index contributed by atoms with van der Waals surface area (Å²) in [6, 6.07) is 14.5. The Morgan fingerprint density at radius 3 is 2.50 bits per heavy atom. The topological polar surface area (TPSA) is 68.5 Å². The third kappa shape index (κ3) is 6.65. The second-order valence-corrected chi connectivity index (χ2v) is 5.90. The molecule has 144 valence electrons. The molecule has 5 nitrogen and oxygen atoms in total. The molecule has 0 amide bonds. The maximum Gasteiger partial charge on any atom is 0.336 e. The number of nitriles is 1. The Balaban J connectivity index is 1.97. The van der Waals surface area contributed by atoms with Crippen molar-refractivity contribution in [2.45, 2.75) is 19.8 Å². The zero-order valence-electron chi connectivity index (χ0n) is 16.1. The molecule has 0 fully saturated rings. The van der Waals surface area contributed by atoms with Crippen molar-refractivity contribution in [1.82, 2.24) is 0 Å². The van der Waals surface area contributed by atoms with E-state index in [1.54, 1.807) is 30.4 Å². The van der Waals surface area contributed by atoms with E-state index in [1.165, 1.54) is 19.3 Å². The van der Waals surface area contributed by atoms with Crippen LogP contribution in [0.1, 0.15) is 30.9 Å². The van der Waals surface area contributed by atoms with Gasteiger partial charge in [-0.15, -0.1) is 0 Å². The van der Waals surface area contributed by atoms with E-state index in [4.69, 9.17) is 19.5 Å². The number of rotatable bonds is 9. The molecule has 0 aliphatic rings. The van der Waals surface area contributed by atoms with Crippen LogP contribution in [0, 0.1) is 11.3 Å². The molecule has 0 heterocycles.